The molecule has 1 saturated heterocycles. The minimum Gasteiger partial charge on any atom is -0.356 e. The predicted molar refractivity (Wildman–Crippen MR) is 110 cm³/mol. The Labute approximate surface area is 165 Å². The van der Waals surface area contributed by atoms with Crippen LogP contribution in [0.4, 0.5) is 11.6 Å². The molecule has 4 rings (SSSR count). The van der Waals surface area contributed by atoms with Crippen LogP contribution in [-0.2, 0) is 6.42 Å². The van der Waals surface area contributed by atoms with Crippen molar-refractivity contribution in [2.24, 2.45) is 0 Å². The van der Waals surface area contributed by atoms with Gasteiger partial charge in [0.25, 0.3) is 0 Å². The Balaban J connectivity index is 1.50. The summed E-state index contributed by atoms with van der Waals surface area (Å²) >= 11 is 0. The van der Waals surface area contributed by atoms with Crippen LogP contribution in [0.5, 0.6) is 0 Å². The van der Waals surface area contributed by atoms with E-state index in [4.69, 9.17) is 4.98 Å². The van der Waals surface area contributed by atoms with E-state index in [9.17, 15) is 0 Å². The molecule has 3 aromatic heterocycles. The molecule has 1 fully saturated rings. The predicted octanol–water partition coefficient (Wildman–Crippen LogP) is 3.00. The second kappa shape index (κ2) is 8.29. The number of pyridine rings is 1. The van der Waals surface area contributed by atoms with Crippen LogP contribution in [0, 0.1) is 0 Å². The van der Waals surface area contributed by atoms with Gasteiger partial charge in [-0.2, -0.15) is 5.10 Å². The molecule has 0 N–H and O–H groups in total. The molecule has 144 valence electrons. The summed E-state index contributed by atoms with van der Waals surface area (Å²) in [5.74, 6) is 2.62. The van der Waals surface area contributed by atoms with Gasteiger partial charge >= 0.3 is 0 Å². The monoisotopic (exact) mass is 375 g/mol. The van der Waals surface area contributed by atoms with Gasteiger partial charge in [-0.15, -0.1) is 5.10 Å². The minimum atomic E-state index is 0.454. The van der Waals surface area contributed by atoms with Crippen molar-refractivity contribution in [3.05, 3.63) is 54.5 Å². The molecule has 4 heterocycles. The zero-order valence-corrected chi connectivity index (χ0v) is 16.4. The maximum atomic E-state index is 4.82. The van der Waals surface area contributed by atoms with Crippen molar-refractivity contribution in [1.29, 1.82) is 0 Å². The molecule has 7 heteroatoms. The molecule has 0 amide bonds. The SMILES string of the molecule is CCc1cc(N2CCC(N(C)c3cccnn3)CC2)nc(-c2ccccn2)n1. The molecule has 0 bridgehead atoms. The lowest BCUT2D eigenvalue weighted by atomic mass is 10.0. The van der Waals surface area contributed by atoms with Gasteiger partial charge in [0.15, 0.2) is 11.6 Å². The number of rotatable bonds is 5. The van der Waals surface area contributed by atoms with Crippen LogP contribution in [0.2, 0.25) is 0 Å². The first-order valence-corrected chi connectivity index (χ1v) is 9.79. The summed E-state index contributed by atoms with van der Waals surface area (Å²) in [4.78, 5) is 18.5. The van der Waals surface area contributed by atoms with E-state index in [1.54, 1.807) is 12.4 Å². The highest BCUT2D eigenvalue weighted by Gasteiger charge is 2.25. The van der Waals surface area contributed by atoms with E-state index in [-0.39, 0.29) is 0 Å². The summed E-state index contributed by atoms with van der Waals surface area (Å²) in [6, 6.07) is 12.3. The fourth-order valence-electron chi connectivity index (χ4n) is 3.59. The van der Waals surface area contributed by atoms with E-state index >= 15 is 0 Å². The number of nitrogens with zero attached hydrogens (tertiary/aromatic N) is 7. The zero-order chi connectivity index (χ0) is 19.3. The molecule has 3 aromatic rings. The fraction of sp³-hybridized carbons (Fsp3) is 0.381. The van der Waals surface area contributed by atoms with Crippen molar-refractivity contribution in [2.45, 2.75) is 32.2 Å². The molecule has 0 saturated carbocycles. The number of aromatic nitrogens is 5. The number of anilines is 2. The van der Waals surface area contributed by atoms with Crippen molar-refractivity contribution in [2.75, 3.05) is 29.9 Å². The number of hydrogen-bond acceptors (Lipinski definition) is 7. The summed E-state index contributed by atoms with van der Waals surface area (Å²) in [6.07, 6.45) is 6.47. The lowest BCUT2D eigenvalue weighted by Gasteiger charge is -2.37. The average molecular weight is 375 g/mol. The van der Waals surface area contributed by atoms with Crippen molar-refractivity contribution in [3.8, 4) is 11.5 Å². The van der Waals surface area contributed by atoms with Crippen LogP contribution >= 0.6 is 0 Å². The molecular weight excluding hydrogens is 350 g/mol. The molecule has 0 aliphatic carbocycles. The maximum absolute atomic E-state index is 4.82. The van der Waals surface area contributed by atoms with Crippen molar-refractivity contribution in [1.82, 2.24) is 25.1 Å². The summed E-state index contributed by atoms with van der Waals surface area (Å²) in [6.45, 7) is 4.03. The molecule has 0 radical (unpaired) electrons. The molecule has 0 aromatic carbocycles. The van der Waals surface area contributed by atoms with Gasteiger partial charge < -0.3 is 9.80 Å². The van der Waals surface area contributed by atoms with Crippen molar-refractivity contribution in [3.63, 3.8) is 0 Å². The number of aryl methyl sites for hydroxylation is 1. The van der Waals surface area contributed by atoms with E-state index in [1.807, 2.05) is 30.3 Å². The van der Waals surface area contributed by atoms with Gasteiger partial charge in [0, 0.05) is 50.3 Å². The molecule has 0 spiro atoms. The fourth-order valence-corrected chi connectivity index (χ4v) is 3.59. The van der Waals surface area contributed by atoms with Crippen LogP contribution < -0.4 is 9.80 Å². The Morgan fingerprint density at radius 1 is 1.07 bits per heavy atom. The second-order valence-electron chi connectivity index (χ2n) is 7.02. The molecule has 28 heavy (non-hydrogen) atoms. The number of hydrogen-bond donors (Lipinski definition) is 0. The van der Waals surface area contributed by atoms with E-state index in [0.717, 1.165) is 55.4 Å². The maximum Gasteiger partial charge on any atom is 0.180 e. The Kier molecular flexibility index (Phi) is 5.41. The smallest absolute Gasteiger partial charge is 0.180 e. The largest absolute Gasteiger partial charge is 0.356 e. The zero-order valence-electron chi connectivity index (χ0n) is 16.4. The molecule has 7 nitrogen and oxygen atoms in total. The Morgan fingerprint density at radius 3 is 2.61 bits per heavy atom. The third kappa shape index (κ3) is 3.93. The normalized spacial score (nSPS) is 14.9. The van der Waals surface area contributed by atoms with Crippen molar-refractivity contribution < 1.29 is 0 Å². The number of piperidine rings is 1. The van der Waals surface area contributed by atoms with E-state index in [2.05, 4.69) is 50.0 Å². The third-order valence-electron chi connectivity index (χ3n) is 5.28. The molecule has 1 aliphatic rings. The van der Waals surface area contributed by atoms with E-state index < -0.39 is 0 Å². The Hall–Kier alpha value is -3.09. The molecule has 0 unspecified atom stereocenters. The van der Waals surface area contributed by atoms with Crippen molar-refractivity contribution >= 4 is 11.6 Å². The first-order valence-electron chi connectivity index (χ1n) is 9.79. The third-order valence-corrected chi connectivity index (χ3v) is 5.28. The lowest BCUT2D eigenvalue weighted by molar-refractivity contribution is 0.477. The molecular formula is C21H25N7. The van der Waals surface area contributed by atoms with E-state index in [0.29, 0.717) is 11.9 Å². The average Bonchev–Trinajstić information content (AvgIpc) is 2.79. The highest BCUT2D eigenvalue weighted by Crippen LogP contribution is 2.25. The van der Waals surface area contributed by atoms with Crippen LogP contribution in [0.25, 0.3) is 11.5 Å². The van der Waals surface area contributed by atoms with Gasteiger partial charge in [-0.3, -0.25) is 4.98 Å². The van der Waals surface area contributed by atoms with Crippen LogP contribution in [0.3, 0.4) is 0 Å². The standard InChI is InChI=1S/C21H25N7/c1-3-16-15-20(25-21(24-16)18-7-4-5-11-22-18)28-13-9-17(10-14-28)27(2)19-8-6-12-23-26-19/h4-8,11-12,15,17H,3,9-10,13-14H2,1-2H3. The van der Waals surface area contributed by atoms with Crippen LogP contribution in [0.15, 0.2) is 48.8 Å². The summed E-state index contributed by atoms with van der Waals surface area (Å²) in [7, 11) is 2.10. The molecule has 0 atom stereocenters. The summed E-state index contributed by atoms with van der Waals surface area (Å²) in [5.41, 5.74) is 1.86. The Bertz CT molecular complexity index is 893. The van der Waals surface area contributed by atoms with Gasteiger partial charge in [-0.25, -0.2) is 9.97 Å². The van der Waals surface area contributed by atoms with Crippen LogP contribution in [-0.4, -0.2) is 51.3 Å². The summed E-state index contributed by atoms with van der Waals surface area (Å²) in [5, 5.41) is 8.23. The topological polar surface area (TPSA) is 70.9 Å². The minimum absolute atomic E-state index is 0.454. The first-order chi connectivity index (χ1) is 13.7. The second-order valence-corrected chi connectivity index (χ2v) is 7.02. The summed E-state index contributed by atoms with van der Waals surface area (Å²) < 4.78 is 0. The van der Waals surface area contributed by atoms with Crippen LogP contribution in [0.1, 0.15) is 25.5 Å². The van der Waals surface area contributed by atoms with E-state index in [1.165, 1.54) is 0 Å². The van der Waals surface area contributed by atoms with Gasteiger partial charge in [-0.05, 0) is 43.5 Å². The molecule has 1 aliphatic heterocycles. The van der Waals surface area contributed by atoms with Gasteiger partial charge in [0.1, 0.15) is 11.5 Å². The lowest BCUT2D eigenvalue weighted by Crippen LogP contribution is -2.44. The van der Waals surface area contributed by atoms with Gasteiger partial charge in [-0.1, -0.05) is 13.0 Å². The highest BCUT2D eigenvalue weighted by molar-refractivity contribution is 5.54. The highest BCUT2D eigenvalue weighted by atomic mass is 15.3. The van der Waals surface area contributed by atoms with Gasteiger partial charge in [0.2, 0.25) is 0 Å². The first kappa shape index (κ1) is 18.3. The Morgan fingerprint density at radius 2 is 1.93 bits per heavy atom. The van der Waals surface area contributed by atoms with Gasteiger partial charge in [0.05, 0.1) is 0 Å². The quantitative estimate of drug-likeness (QED) is 0.679.